The van der Waals surface area contributed by atoms with Gasteiger partial charge < -0.3 is 24.8 Å². The Bertz CT molecular complexity index is 1040. The van der Waals surface area contributed by atoms with Crippen molar-refractivity contribution in [2.24, 2.45) is 0 Å². The second kappa shape index (κ2) is 9.39. The van der Waals surface area contributed by atoms with Gasteiger partial charge in [0.25, 0.3) is 0 Å². The first kappa shape index (κ1) is 25.1. The number of rotatable bonds is 6. The lowest BCUT2D eigenvalue weighted by molar-refractivity contribution is -0.155. The van der Waals surface area contributed by atoms with Crippen molar-refractivity contribution in [1.82, 2.24) is 0 Å². The number of hydrogen-bond donors (Lipinski definition) is 3. The zero-order chi connectivity index (χ0) is 24.6. The second-order valence-corrected chi connectivity index (χ2v) is 9.17. The number of carbonyl (C=O) groups excluding carboxylic acids is 1. The predicted octanol–water partition coefficient (Wildman–Crippen LogP) is 3.87. The van der Waals surface area contributed by atoms with Crippen LogP contribution in [0.2, 0.25) is 0 Å². The highest BCUT2D eigenvalue weighted by atomic mass is 32.2. The van der Waals surface area contributed by atoms with Crippen LogP contribution in [-0.2, 0) is 4.79 Å². The van der Waals surface area contributed by atoms with Gasteiger partial charge >= 0.3 is 13.5 Å². The molecule has 3 N–H and O–H groups in total. The number of thioether (sulfide) groups is 1. The third kappa shape index (κ3) is 5.20. The molecule has 0 bridgehead atoms. The van der Waals surface area contributed by atoms with Gasteiger partial charge in [0, 0.05) is 23.2 Å². The normalized spacial score (nSPS) is 22.7. The summed E-state index contributed by atoms with van der Waals surface area (Å²) in [5, 5.41) is 18.9. The standard InChI is InChI=1S/C20H19BF5NO5S/c1-19(20(24,25)26)9-13(12-6-7-14(22)15(23)16(12)31-2)17(33-19)18(28)27-10-4-3-5-11(8-10)32-21(29)30/h3-8,13,17,29-30H,9H2,1-2H3,(H,27,28). The van der Waals surface area contributed by atoms with Gasteiger partial charge in [-0.2, -0.15) is 17.6 Å². The lowest BCUT2D eigenvalue weighted by Crippen LogP contribution is -2.37. The largest absolute Gasteiger partial charge is 0.707 e. The van der Waals surface area contributed by atoms with Gasteiger partial charge in [-0.15, -0.1) is 11.8 Å². The molecular weight excluding hydrogens is 472 g/mol. The Labute approximate surface area is 190 Å². The van der Waals surface area contributed by atoms with Crippen molar-refractivity contribution in [2.45, 2.75) is 35.4 Å². The van der Waals surface area contributed by atoms with E-state index in [2.05, 4.69) is 5.32 Å². The lowest BCUT2D eigenvalue weighted by atomic mass is 9.85. The average Bonchev–Trinajstić information content (AvgIpc) is 3.08. The molecule has 0 aromatic heterocycles. The number of amides is 1. The average molecular weight is 491 g/mol. The number of nitrogens with one attached hydrogen (secondary N) is 1. The Balaban J connectivity index is 1.97. The van der Waals surface area contributed by atoms with Crippen molar-refractivity contribution in [3.05, 3.63) is 53.6 Å². The van der Waals surface area contributed by atoms with Gasteiger partial charge in [-0.1, -0.05) is 12.1 Å². The van der Waals surface area contributed by atoms with Crippen LogP contribution in [0.15, 0.2) is 36.4 Å². The maximum absolute atomic E-state index is 14.3. The van der Waals surface area contributed by atoms with Crippen LogP contribution in [0.25, 0.3) is 0 Å². The molecule has 33 heavy (non-hydrogen) atoms. The third-order valence-corrected chi connectivity index (χ3v) is 6.96. The van der Waals surface area contributed by atoms with E-state index in [-0.39, 0.29) is 17.0 Å². The molecule has 178 valence electrons. The zero-order valence-corrected chi connectivity index (χ0v) is 18.1. The highest BCUT2D eigenvalue weighted by molar-refractivity contribution is 8.02. The molecule has 0 spiro atoms. The molecule has 3 rings (SSSR count). The number of methoxy groups -OCH3 is 1. The minimum atomic E-state index is -4.68. The minimum absolute atomic E-state index is 0.0131. The molecule has 2 aromatic carbocycles. The first-order valence-corrected chi connectivity index (χ1v) is 10.4. The maximum Gasteiger partial charge on any atom is 0.707 e. The van der Waals surface area contributed by atoms with E-state index < -0.39 is 59.1 Å². The fourth-order valence-corrected chi connectivity index (χ4v) is 5.20. The molecule has 0 aliphatic carbocycles. The van der Waals surface area contributed by atoms with Crippen molar-refractivity contribution >= 4 is 30.7 Å². The molecule has 1 aliphatic heterocycles. The summed E-state index contributed by atoms with van der Waals surface area (Å²) >= 11 is 0.374. The number of ether oxygens (including phenoxy) is 1. The van der Waals surface area contributed by atoms with E-state index in [1.165, 1.54) is 24.3 Å². The molecule has 1 amide bonds. The first-order chi connectivity index (χ1) is 15.4. The lowest BCUT2D eigenvalue weighted by Gasteiger charge is -2.26. The SMILES string of the molecule is COc1c(C2CC(C)(C(F)(F)F)SC2C(=O)Nc2cccc(OB(O)O)c2)ccc(F)c1F. The van der Waals surface area contributed by atoms with Crippen molar-refractivity contribution in [3.63, 3.8) is 0 Å². The molecule has 1 aliphatic rings. The molecule has 2 aromatic rings. The summed E-state index contributed by atoms with van der Waals surface area (Å²) in [7, 11) is -1.05. The van der Waals surface area contributed by atoms with E-state index in [4.69, 9.17) is 19.4 Å². The van der Waals surface area contributed by atoms with E-state index >= 15 is 0 Å². The van der Waals surface area contributed by atoms with Crippen molar-refractivity contribution in [1.29, 1.82) is 0 Å². The Hall–Kier alpha value is -2.51. The van der Waals surface area contributed by atoms with Crippen molar-refractivity contribution in [3.8, 4) is 11.5 Å². The van der Waals surface area contributed by atoms with Gasteiger partial charge in [0.15, 0.2) is 11.6 Å². The van der Waals surface area contributed by atoms with Gasteiger partial charge in [0.2, 0.25) is 11.7 Å². The molecule has 3 unspecified atom stereocenters. The van der Waals surface area contributed by atoms with Gasteiger partial charge in [-0.25, -0.2) is 4.39 Å². The zero-order valence-electron chi connectivity index (χ0n) is 17.3. The quantitative estimate of drug-likeness (QED) is 0.420. The van der Waals surface area contributed by atoms with Gasteiger partial charge in [0.1, 0.15) is 10.5 Å². The van der Waals surface area contributed by atoms with Crippen LogP contribution in [0.3, 0.4) is 0 Å². The number of anilines is 1. The predicted molar refractivity (Wildman–Crippen MR) is 112 cm³/mol. The van der Waals surface area contributed by atoms with Crippen LogP contribution >= 0.6 is 11.8 Å². The Kier molecular flexibility index (Phi) is 7.15. The van der Waals surface area contributed by atoms with Crippen LogP contribution in [0.1, 0.15) is 24.8 Å². The number of hydrogen-bond acceptors (Lipinski definition) is 6. The van der Waals surface area contributed by atoms with Gasteiger partial charge in [0.05, 0.1) is 12.4 Å². The third-order valence-electron chi connectivity index (χ3n) is 5.25. The highest BCUT2D eigenvalue weighted by Gasteiger charge is 2.60. The molecule has 1 saturated heterocycles. The summed E-state index contributed by atoms with van der Waals surface area (Å²) in [6, 6.07) is 7.34. The summed E-state index contributed by atoms with van der Waals surface area (Å²) in [5.41, 5.74) is 0.0628. The fourth-order valence-electron chi connectivity index (χ4n) is 3.66. The number of alkyl halides is 3. The topological polar surface area (TPSA) is 88.0 Å². The summed E-state index contributed by atoms with van der Waals surface area (Å²) in [4.78, 5) is 13.1. The minimum Gasteiger partial charge on any atom is -0.512 e. The molecular formula is C20H19BF5NO5S. The fraction of sp³-hybridized carbons (Fsp3) is 0.350. The van der Waals surface area contributed by atoms with E-state index in [0.717, 1.165) is 26.2 Å². The smallest absolute Gasteiger partial charge is 0.512 e. The second-order valence-electron chi connectivity index (χ2n) is 7.52. The van der Waals surface area contributed by atoms with Crippen LogP contribution < -0.4 is 14.7 Å². The Morgan fingerprint density at radius 3 is 2.55 bits per heavy atom. The van der Waals surface area contributed by atoms with Crippen LogP contribution in [0.4, 0.5) is 27.6 Å². The molecule has 13 heteroatoms. The van der Waals surface area contributed by atoms with Gasteiger partial charge in [-0.3, -0.25) is 4.79 Å². The molecule has 1 heterocycles. The summed E-state index contributed by atoms with van der Waals surface area (Å²) in [5.74, 6) is -5.12. The highest BCUT2D eigenvalue weighted by Crippen LogP contribution is 2.59. The van der Waals surface area contributed by atoms with Crippen LogP contribution in [0.5, 0.6) is 11.5 Å². The summed E-state index contributed by atoms with van der Waals surface area (Å²) in [6.45, 7) is 0.946. The molecule has 1 fully saturated rings. The summed E-state index contributed by atoms with van der Waals surface area (Å²) in [6.07, 6.45) is -5.25. The van der Waals surface area contributed by atoms with E-state index in [1.807, 2.05) is 0 Å². The van der Waals surface area contributed by atoms with Crippen LogP contribution in [0, 0.1) is 11.6 Å². The van der Waals surface area contributed by atoms with E-state index in [9.17, 15) is 26.7 Å². The summed E-state index contributed by atoms with van der Waals surface area (Å²) < 4.78 is 76.7. The maximum atomic E-state index is 14.3. The number of benzene rings is 2. The van der Waals surface area contributed by atoms with Gasteiger partial charge in [-0.05, 0) is 31.5 Å². The number of carbonyl (C=O) groups is 1. The number of halogens is 5. The van der Waals surface area contributed by atoms with E-state index in [0.29, 0.717) is 11.8 Å². The molecule has 0 radical (unpaired) electrons. The van der Waals surface area contributed by atoms with Crippen LogP contribution in [-0.4, -0.2) is 46.6 Å². The van der Waals surface area contributed by atoms with Crippen molar-refractivity contribution < 1.29 is 46.2 Å². The Morgan fingerprint density at radius 1 is 1.24 bits per heavy atom. The Morgan fingerprint density at radius 2 is 1.94 bits per heavy atom. The molecule has 0 saturated carbocycles. The van der Waals surface area contributed by atoms with E-state index in [1.54, 1.807) is 0 Å². The molecule has 6 nitrogen and oxygen atoms in total. The monoisotopic (exact) mass is 491 g/mol. The molecule has 3 atom stereocenters. The first-order valence-electron chi connectivity index (χ1n) is 9.56. The van der Waals surface area contributed by atoms with Crippen molar-refractivity contribution in [2.75, 3.05) is 12.4 Å².